The Labute approximate surface area is 152 Å². The van der Waals surface area contributed by atoms with Crippen LogP contribution in [0.1, 0.15) is 12.8 Å². The number of nitrogens with zero attached hydrogens (tertiary/aromatic N) is 5. The van der Waals surface area contributed by atoms with Gasteiger partial charge in [0.05, 0.1) is 24.2 Å². The minimum absolute atomic E-state index is 0. The van der Waals surface area contributed by atoms with Gasteiger partial charge in [-0.05, 0) is 23.3 Å². The number of amides is 1. The topological polar surface area (TPSA) is 124 Å². The van der Waals surface area contributed by atoms with Crippen LogP contribution in [0.15, 0.2) is 16.9 Å². The van der Waals surface area contributed by atoms with Crippen LogP contribution in [-0.4, -0.2) is 54.1 Å². The molecular weight excluding hydrogens is 321 g/mol. The second-order valence-corrected chi connectivity index (χ2v) is 5.95. The Bertz CT molecular complexity index is 608. The molecule has 0 aliphatic carbocycles. The molecule has 2 aliphatic rings. The zero-order chi connectivity index (χ0) is 15.0. The standard InChI is InChI=1S/C11H13N5O4S.Na/c17-4-6-9(18)16-8(11(19)20)7(21-10(6)16)2-1-3-15-5-12-13-14-15;/h5-6,10,17H,1-4H2,(H,19,20);/q;+1/p-1/t6-,10+;/m0./s1. The van der Waals surface area contributed by atoms with E-state index in [1.165, 1.54) is 23.0 Å². The molecule has 0 saturated carbocycles. The number of fused-ring (bicyclic) bond motifs is 1. The van der Waals surface area contributed by atoms with Gasteiger partial charge < -0.3 is 15.0 Å². The predicted molar refractivity (Wildman–Crippen MR) is 67.9 cm³/mol. The van der Waals surface area contributed by atoms with Crippen molar-refractivity contribution in [3.63, 3.8) is 0 Å². The van der Waals surface area contributed by atoms with E-state index in [0.29, 0.717) is 24.3 Å². The number of rotatable bonds is 6. The maximum atomic E-state index is 11.8. The first-order valence-electron chi connectivity index (χ1n) is 6.39. The summed E-state index contributed by atoms with van der Waals surface area (Å²) < 4.78 is 1.55. The number of aliphatic carboxylic acids is 1. The third-order valence-electron chi connectivity index (χ3n) is 3.49. The van der Waals surface area contributed by atoms with E-state index in [4.69, 9.17) is 5.11 Å². The molecule has 1 fully saturated rings. The van der Waals surface area contributed by atoms with Crippen LogP contribution in [0.5, 0.6) is 0 Å². The van der Waals surface area contributed by atoms with Gasteiger partial charge in [0.15, 0.2) is 0 Å². The molecule has 0 radical (unpaired) electrons. The van der Waals surface area contributed by atoms with E-state index in [1.807, 2.05) is 0 Å². The maximum absolute atomic E-state index is 11.8. The number of thioether (sulfide) groups is 1. The summed E-state index contributed by atoms with van der Waals surface area (Å²) in [7, 11) is 0. The minimum Gasteiger partial charge on any atom is -0.543 e. The number of carboxylic acid groups (broad SMARTS) is 1. The van der Waals surface area contributed by atoms with Crippen molar-refractivity contribution in [3.05, 3.63) is 16.9 Å². The molecule has 1 N–H and O–H groups in total. The summed E-state index contributed by atoms with van der Waals surface area (Å²) in [5.41, 5.74) is -0.0589. The molecule has 1 aromatic rings. The van der Waals surface area contributed by atoms with Crippen molar-refractivity contribution in [1.82, 2.24) is 25.1 Å². The average Bonchev–Trinajstić information content (AvgIpc) is 3.05. The molecule has 9 nitrogen and oxygen atoms in total. The van der Waals surface area contributed by atoms with Crippen molar-refractivity contribution in [2.24, 2.45) is 5.92 Å². The smallest absolute Gasteiger partial charge is 0.543 e. The molecule has 0 spiro atoms. The van der Waals surface area contributed by atoms with Crippen LogP contribution in [-0.2, 0) is 16.1 Å². The number of tetrazole rings is 1. The van der Waals surface area contributed by atoms with E-state index < -0.39 is 11.9 Å². The summed E-state index contributed by atoms with van der Waals surface area (Å²) in [6.07, 6.45) is 2.61. The fourth-order valence-corrected chi connectivity index (χ4v) is 4.00. The third kappa shape index (κ3) is 2.93. The summed E-state index contributed by atoms with van der Waals surface area (Å²) in [5, 5.41) is 30.8. The largest absolute Gasteiger partial charge is 1.00 e. The van der Waals surface area contributed by atoms with E-state index in [1.54, 1.807) is 4.68 Å². The van der Waals surface area contributed by atoms with Crippen LogP contribution >= 0.6 is 11.8 Å². The van der Waals surface area contributed by atoms with Crippen LogP contribution < -0.4 is 34.7 Å². The zero-order valence-electron chi connectivity index (χ0n) is 11.9. The van der Waals surface area contributed by atoms with Crippen LogP contribution in [0.4, 0.5) is 0 Å². The van der Waals surface area contributed by atoms with Gasteiger partial charge >= 0.3 is 29.6 Å². The molecular formula is C11H12N5NaO4S. The molecule has 1 aromatic heterocycles. The first kappa shape index (κ1) is 17.4. The first-order valence-corrected chi connectivity index (χ1v) is 7.27. The summed E-state index contributed by atoms with van der Waals surface area (Å²) in [5.74, 6) is -2.24. The number of aliphatic hydroxyl groups excluding tert-OH is 1. The van der Waals surface area contributed by atoms with Crippen LogP contribution in [0.2, 0.25) is 0 Å². The fourth-order valence-electron chi connectivity index (χ4n) is 2.47. The number of hydrogen-bond acceptors (Lipinski definition) is 8. The Kier molecular flexibility index (Phi) is 5.61. The molecule has 1 amide bonds. The van der Waals surface area contributed by atoms with Crippen LogP contribution in [0, 0.1) is 5.92 Å². The van der Waals surface area contributed by atoms with Gasteiger partial charge in [0, 0.05) is 11.4 Å². The zero-order valence-corrected chi connectivity index (χ0v) is 14.7. The van der Waals surface area contributed by atoms with E-state index in [2.05, 4.69) is 15.5 Å². The summed E-state index contributed by atoms with van der Waals surface area (Å²) >= 11 is 1.31. The van der Waals surface area contributed by atoms with Gasteiger partial charge in [-0.25, -0.2) is 4.68 Å². The second kappa shape index (κ2) is 7.09. The molecule has 22 heavy (non-hydrogen) atoms. The molecule has 3 rings (SSSR count). The number of aryl methyl sites for hydroxylation is 1. The molecule has 112 valence electrons. The minimum atomic E-state index is -1.35. The van der Waals surface area contributed by atoms with Crippen molar-refractivity contribution in [2.45, 2.75) is 24.8 Å². The Hall–Kier alpha value is -0.940. The van der Waals surface area contributed by atoms with Crippen LogP contribution in [0.3, 0.4) is 0 Å². The Morgan fingerprint density at radius 2 is 2.27 bits per heavy atom. The van der Waals surface area contributed by atoms with Gasteiger partial charge in [-0.15, -0.1) is 16.9 Å². The molecule has 11 heteroatoms. The maximum Gasteiger partial charge on any atom is 1.00 e. The number of hydrogen-bond donors (Lipinski definition) is 1. The molecule has 2 atom stereocenters. The Morgan fingerprint density at radius 1 is 1.50 bits per heavy atom. The first-order chi connectivity index (χ1) is 10.1. The van der Waals surface area contributed by atoms with Crippen LogP contribution in [0.25, 0.3) is 0 Å². The van der Waals surface area contributed by atoms with Gasteiger partial charge in [0.2, 0.25) is 5.91 Å². The van der Waals surface area contributed by atoms with Gasteiger partial charge in [0.25, 0.3) is 0 Å². The quantitative estimate of drug-likeness (QED) is 0.405. The average molecular weight is 333 g/mol. The fraction of sp³-hybridized carbons (Fsp3) is 0.545. The Morgan fingerprint density at radius 3 is 2.86 bits per heavy atom. The van der Waals surface area contributed by atoms with E-state index in [9.17, 15) is 14.7 Å². The van der Waals surface area contributed by atoms with Gasteiger partial charge in [0.1, 0.15) is 11.7 Å². The molecule has 0 unspecified atom stereocenters. The summed E-state index contributed by atoms with van der Waals surface area (Å²) in [6, 6.07) is 0. The molecule has 0 aromatic carbocycles. The molecule has 2 aliphatic heterocycles. The van der Waals surface area contributed by atoms with Crippen molar-refractivity contribution in [3.8, 4) is 0 Å². The number of allylic oxidation sites excluding steroid dienone is 1. The summed E-state index contributed by atoms with van der Waals surface area (Å²) in [6.45, 7) is 0.282. The van der Waals surface area contributed by atoms with E-state index in [0.717, 1.165) is 0 Å². The Balaban J connectivity index is 0.00000176. The number of carboxylic acids is 1. The molecule has 0 bridgehead atoms. The second-order valence-electron chi connectivity index (χ2n) is 4.74. The number of β-lactam (4-membered cyclic amide) rings is 1. The predicted octanol–water partition coefficient (Wildman–Crippen LogP) is -5.06. The number of aliphatic hydroxyl groups is 1. The number of carbonyl (C=O) groups excluding carboxylic acids is 2. The molecule has 1 saturated heterocycles. The third-order valence-corrected chi connectivity index (χ3v) is 4.96. The van der Waals surface area contributed by atoms with Gasteiger partial charge in [-0.2, -0.15) is 0 Å². The van der Waals surface area contributed by atoms with Crippen molar-refractivity contribution >= 4 is 23.6 Å². The van der Waals surface area contributed by atoms with E-state index >= 15 is 0 Å². The normalized spacial score (nSPS) is 23.1. The van der Waals surface area contributed by atoms with Crippen molar-refractivity contribution < 1.29 is 49.4 Å². The van der Waals surface area contributed by atoms with E-state index in [-0.39, 0.29) is 53.1 Å². The molecule has 3 heterocycles. The van der Waals surface area contributed by atoms with Gasteiger partial charge in [-0.3, -0.25) is 9.69 Å². The van der Waals surface area contributed by atoms with Crippen molar-refractivity contribution in [1.29, 1.82) is 0 Å². The van der Waals surface area contributed by atoms with Gasteiger partial charge in [-0.1, -0.05) is 0 Å². The summed E-state index contributed by atoms with van der Waals surface area (Å²) in [4.78, 5) is 24.9. The van der Waals surface area contributed by atoms with Crippen molar-refractivity contribution in [2.75, 3.05) is 6.61 Å². The SMILES string of the molecule is O=C([O-])C1=C(CCCn2cnnn2)S[C@@H]2[C@@H](CO)C(=O)N12.[Na+]. The number of carbonyl (C=O) groups is 2. The monoisotopic (exact) mass is 333 g/mol. The number of aromatic nitrogens is 4.